The molecule has 22 heavy (non-hydrogen) atoms. The van der Waals surface area contributed by atoms with E-state index in [1.807, 2.05) is 24.3 Å². The maximum Gasteiger partial charge on any atom is 0.150 e. The monoisotopic (exact) mass is 301 g/mol. The van der Waals surface area contributed by atoms with Crippen molar-refractivity contribution in [1.82, 2.24) is 0 Å². The van der Waals surface area contributed by atoms with Crippen LogP contribution < -0.4 is 15.2 Å². The molecule has 0 aliphatic heterocycles. The molecule has 0 heterocycles. The van der Waals surface area contributed by atoms with E-state index < -0.39 is 0 Å². The smallest absolute Gasteiger partial charge is 0.150 e. The van der Waals surface area contributed by atoms with E-state index in [9.17, 15) is 4.79 Å². The number of hydrogen-bond donors (Lipinski definition) is 1. The van der Waals surface area contributed by atoms with Gasteiger partial charge < -0.3 is 15.2 Å². The molecule has 0 spiro atoms. The summed E-state index contributed by atoms with van der Waals surface area (Å²) in [5.41, 5.74) is 7.21. The largest absolute Gasteiger partial charge is 0.497 e. The summed E-state index contributed by atoms with van der Waals surface area (Å²) in [6.45, 7) is 3.37. The Morgan fingerprint density at radius 2 is 1.59 bits per heavy atom. The van der Waals surface area contributed by atoms with Crippen LogP contribution in [0.1, 0.15) is 29.3 Å². The molecule has 0 amide bonds. The van der Waals surface area contributed by atoms with Gasteiger partial charge in [0.05, 0.1) is 13.7 Å². The van der Waals surface area contributed by atoms with E-state index in [-0.39, 0.29) is 0 Å². The number of nitrogens with two attached hydrogens (primary N) is 1. The summed E-state index contributed by atoms with van der Waals surface area (Å²) in [7, 11) is 1.65. The minimum atomic E-state index is 0.587. The molecule has 4 nitrogen and oxygen atoms in total. The number of rotatable bonds is 6. The molecular weight excluding hydrogens is 278 g/mol. The molecule has 118 valence electrons. The van der Waals surface area contributed by atoms with Gasteiger partial charge in [0, 0.05) is 12.1 Å². The molecule has 2 rings (SSSR count). The molecule has 4 heteroatoms. The third kappa shape index (κ3) is 6.41. The Bertz CT molecular complexity index is 512. The van der Waals surface area contributed by atoms with E-state index >= 15 is 0 Å². The average molecular weight is 301 g/mol. The number of methoxy groups -OCH3 is 1. The molecule has 0 unspecified atom stereocenters. The van der Waals surface area contributed by atoms with Crippen molar-refractivity contribution in [2.45, 2.75) is 19.9 Å². The summed E-state index contributed by atoms with van der Waals surface area (Å²) < 4.78 is 10.3. The second-order valence-electron chi connectivity index (χ2n) is 4.59. The summed E-state index contributed by atoms with van der Waals surface area (Å²) in [5.74, 6) is 1.69. The molecule has 0 bridgehead atoms. The van der Waals surface area contributed by atoms with Gasteiger partial charge in [-0.05, 0) is 48.4 Å². The molecule has 0 radical (unpaired) electrons. The number of ether oxygens (including phenoxy) is 2. The Kier molecular flexibility index (Phi) is 8.38. The van der Waals surface area contributed by atoms with Crippen LogP contribution in [-0.4, -0.2) is 20.0 Å². The molecular formula is C18H23NO3. The predicted octanol–water partition coefficient (Wildman–Crippen LogP) is 3.44. The molecule has 2 aromatic rings. The van der Waals surface area contributed by atoms with Crippen LogP contribution in [0.5, 0.6) is 11.5 Å². The average Bonchev–Trinajstić information content (AvgIpc) is 2.61. The van der Waals surface area contributed by atoms with Gasteiger partial charge in [-0.15, -0.1) is 0 Å². The molecule has 0 saturated heterocycles. The van der Waals surface area contributed by atoms with Crippen LogP contribution in [0.25, 0.3) is 0 Å². The Morgan fingerprint density at radius 1 is 1.00 bits per heavy atom. The topological polar surface area (TPSA) is 61.5 Å². The number of carbonyl (C=O) groups excluding carboxylic acids is 1. The van der Waals surface area contributed by atoms with Crippen LogP contribution in [0.4, 0.5) is 0 Å². The third-order valence-electron chi connectivity index (χ3n) is 2.88. The van der Waals surface area contributed by atoms with Crippen LogP contribution in [0.3, 0.4) is 0 Å². The molecule has 0 aliphatic carbocycles. The molecule has 0 atom stereocenters. The van der Waals surface area contributed by atoms with E-state index in [0.717, 1.165) is 36.4 Å². The first-order valence-corrected chi connectivity index (χ1v) is 7.24. The summed E-state index contributed by atoms with van der Waals surface area (Å²) >= 11 is 0. The van der Waals surface area contributed by atoms with Gasteiger partial charge in [-0.1, -0.05) is 19.1 Å². The second-order valence-corrected chi connectivity index (χ2v) is 4.59. The first-order valence-electron chi connectivity index (χ1n) is 7.24. The Balaban J connectivity index is 0.000000224. The maximum absolute atomic E-state index is 10.3. The summed E-state index contributed by atoms with van der Waals surface area (Å²) in [5, 5.41) is 0. The van der Waals surface area contributed by atoms with Crippen LogP contribution in [0.2, 0.25) is 0 Å². The lowest BCUT2D eigenvalue weighted by atomic mass is 10.2. The van der Waals surface area contributed by atoms with Crippen molar-refractivity contribution in [1.29, 1.82) is 0 Å². The van der Waals surface area contributed by atoms with Gasteiger partial charge >= 0.3 is 0 Å². The standard InChI is InChI=1S/C10H12O2.C8H11NO/c1-2-7-12-10-5-3-9(8-11)4-6-10;1-10-8-4-2-7(6-9)3-5-8/h3-6,8H,2,7H2,1H3;2-5H,6,9H2,1H3. The van der Waals surface area contributed by atoms with Gasteiger partial charge in [0.25, 0.3) is 0 Å². The zero-order valence-corrected chi connectivity index (χ0v) is 13.1. The lowest BCUT2D eigenvalue weighted by molar-refractivity contribution is 0.112. The van der Waals surface area contributed by atoms with Gasteiger partial charge in [0.2, 0.25) is 0 Å². The van der Waals surface area contributed by atoms with E-state index in [0.29, 0.717) is 12.1 Å². The number of carbonyl (C=O) groups is 1. The second kappa shape index (κ2) is 10.4. The quantitative estimate of drug-likeness (QED) is 0.830. The molecule has 2 aromatic carbocycles. The fraction of sp³-hybridized carbons (Fsp3) is 0.278. The van der Waals surface area contributed by atoms with E-state index in [2.05, 4.69) is 6.92 Å². The highest BCUT2D eigenvalue weighted by atomic mass is 16.5. The van der Waals surface area contributed by atoms with Gasteiger partial charge in [-0.2, -0.15) is 0 Å². The van der Waals surface area contributed by atoms with Gasteiger partial charge in [0.15, 0.2) is 0 Å². The Hall–Kier alpha value is -2.33. The van der Waals surface area contributed by atoms with Crippen LogP contribution in [0.15, 0.2) is 48.5 Å². The van der Waals surface area contributed by atoms with Crippen LogP contribution >= 0.6 is 0 Å². The lowest BCUT2D eigenvalue weighted by Gasteiger charge is -2.02. The normalized spacial score (nSPS) is 9.41. The number of benzene rings is 2. The van der Waals surface area contributed by atoms with Crippen molar-refractivity contribution in [3.05, 3.63) is 59.7 Å². The predicted molar refractivity (Wildman–Crippen MR) is 88.5 cm³/mol. The maximum atomic E-state index is 10.3. The highest BCUT2D eigenvalue weighted by Gasteiger charge is 1.92. The fourth-order valence-electron chi connectivity index (χ4n) is 1.62. The Morgan fingerprint density at radius 3 is 2.05 bits per heavy atom. The van der Waals surface area contributed by atoms with E-state index in [1.165, 1.54) is 0 Å². The van der Waals surface area contributed by atoms with Crippen molar-refractivity contribution in [2.75, 3.05) is 13.7 Å². The van der Waals surface area contributed by atoms with E-state index in [1.54, 1.807) is 31.4 Å². The van der Waals surface area contributed by atoms with Crippen molar-refractivity contribution >= 4 is 6.29 Å². The minimum Gasteiger partial charge on any atom is -0.497 e. The molecule has 0 aromatic heterocycles. The molecule has 0 saturated carbocycles. The Labute approximate surface area is 131 Å². The molecule has 0 aliphatic rings. The summed E-state index contributed by atoms with van der Waals surface area (Å²) in [4.78, 5) is 10.3. The van der Waals surface area contributed by atoms with Gasteiger partial charge in [-0.25, -0.2) is 0 Å². The minimum absolute atomic E-state index is 0.587. The first kappa shape index (κ1) is 17.7. The van der Waals surface area contributed by atoms with E-state index in [4.69, 9.17) is 15.2 Å². The highest BCUT2D eigenvalue weighted by Crippen LogP contribution is 2.11. The van der Waals surface area contributed by atoms with Crippen molar-refractivity contribution in [2.24, 2.45) is 5.73 Å². The van der Waals surface area contributed by atoms with Crippen molar-refractivity contribution in [3.63, 3.8) is 0 Å². The molecule has 0 fully saturated rings. The van der Waals surface area contributed by atoms with Gasteiger partial charge in [-0.3, -0.25) is 4.79 Å². The fourth-order valence-corrected chi connectivity index (χ4v) is 1.62. The van der Waals surface area contributed by atoms with Crippen LogP contribution in [-0.2, 0) is 6.54 Å². The third-order valence-corrected chi connectivity index (χ3v) is 2.88. The summed E-state index contributed by atoms with van der Waals surface area (Å²) in [6, 6.07) is 14.8. The number of hydrogen-bond acceptors (Lipinski definition) is 4. The summed E-state index contributed by atoms with van der Waals surface area (Å²) in [6.07, 6.45) is 1.82. The lowest BCUT2D eigenvalue weighted by Crippen LogP contribution is -1.95. The molecule has 2 N–H and O–H groups in total. The van der Waals surface area contributed by atoms with Crippen molar-refractivity contribution < 1.29 is 14.3 Å². The zero-order chi connectivity index (χ0) is 16.2. The van der Waals surface area contributed by atoms with Crippen molar-refractivity contribution in [3.8, 4) is 11.5 Å². The SMILES string of the molecule is CCCOc1ccc(C=O)cc1.COc1ccc(CN)cc1. The van der Waals surface area contributed by atoms with Gasteiger partial charge in [0.1, 0.15) is 17.8 Å². The number of aldehydes is 1. The zero-order valence-electron chi connectivity index (χ0n) is 13.1. The highest BCUT2D eigenvalue weighted by molar-refractivity contribution is 5.74. The first-order chi connectivity index (χ1) is 10.7. The van der Waals surface area contributed by atoms with Crippen LogP contribution in [0, 0.1) is 0 Å².